The summed E-state index contributed by atoms with van der Waals surface area (Å²) in [5, 5.41) is 26.8. The zero-order chi connectivity index (χ0) is 11.0. The van der Waals surface area contributed by atoms with Crippen molar-refractivity contribution < 1.29 is 15.3 Å². The van der Waals surface area contributed by atoms with E-state index in [1.54, 1.807) is 0 Å². The standard InChI is InChI=1S/C10H21NO3/c1-9(2)7-10(8-14)11(3-5-12)4-6-13/h7,10,12-14H,3-6,8H2,1-2H3. The molecule has 3 N–H and O–H groups in total. The van der Waals surface area contributed by atoms with Gasteiger partial charge in [0.15, 0.2) is 0 Å². The zero-order valence-corrected chi connectivity index (χ0v) is 8.98. The van der Waals surface area contributed by atoms with Gasteiger partial charge in [-0.15, -0.1) is 0 Å². The van der Waals surface area contributed by atoms with Crippen molar-refractivity contribution in [1.82, 2.24) is 4.90 Å². The van der Waals surface area contributed by atoms with Crippen LogP contribution in [0.4, 0.5) is 0 Å². The average Bonchev–Trinajstić information content (AvgIpc) is 2.13. The van der Waals surface area contributed by atoms with E-state index >= 15 is 0 Å². The smallest absolute Gasteiger partial charge is 0.0622 e. The molecule has 0 radical (unpaired) electrons. The third kappa shape index (κ3) is 5.34. The van der Waals surface area contributed by atoms with Gasteiger partial charge in [-0.1, -0.05) is 11.6 Å². The monoisotopic (exact) mass is 203 g/mol. The van der Waals surface area contributed by atoms with Gasteiger partial charge in [0.1, 0.15) is 0 Å². The summed E-state index contributed by atoms with van der Waals surface area (Å²) in [6.45, 7) is 4.92. The van der Waals surface area contributed by atoms with E-state index in [4.69, 9.17) is 15.3 Å². The Hall–Kier alpha value is -0.420. The van der Waals surface area contributed by atoms with Crippen LogP contribution < -0.4 is 0 Å². The van der Waals surface area contributed by atoms with Gasteiger partial charge in [-0.2, -0.15) is 0 Å². The lowest BCUT2D eigenvalue weighted by atomic mass is 10.2. The third-order valence-electron chi connectivity index (χ3n) is 1.96. The number of allylic oxidation sites excluding steroid dienone is 1. The minimum absolute atomic E-state index is 0.00514. The fourth-order valence-electron chi connectivity index (χ4n) is 1.36. The summed E-state index contributed by atoms with van der Waals surface area (Å²) < 4.78 is 0. The molecule has 0 saturated heterocycles. The molecule has 84 valence electrons. The molecule has 0 rings (SSSR count). The van der Waals surface area contributed by atoms with Crippen LogP contribution in [0.2, 0.25) is 0 Å². The first-order chi connectivity index (χ1) is 6.65. The van der Waals surface area contributed by atoms with Crippen molar-refractivity contribution in [1.29, 1.82) is 0 Å². The maximum absolute atomic E-state index is 9.15. The van der Waals surface area contributed by atoms with E-state index in [9.17, 15) is 0 Å². The topological polar surface area (TPSA) is 63.9 Å². The molecule has 0 fully saturated rings. The van der Waals surface area contributed by atoms with E-state index in [1.165, 1.54) is 0 Å². The van der Waals surface area contributed by atoms with Gasteiger partial charge in [0.05, 0.1) is 25.9 Å². The Morgan fingerprint density at radius 2 is 1.64 bits per heavy atom. The van der Waals surface area contributed by atoms with Crippen LogP contribution in [0.3, 0.4) is 0 Å². The van der Waals surface area contributed by atoms with Crippen molar-refractivity contribution in [2.24, 2.45) is 0 Å². The van der Waals surface area contributed by atoms with Crippen molar-refractivity contribution in [2.75, 3.05) is 32.9 Å². The van der Waals surface area contributed by atoms with Gasteiger partial charge < -0.3 is 15.3 Å². The van der Waals surface area contributed by atoms with Crippen LogP contribution in [0, 0.1) is 0 Å². The second kappa shape index (κ2) is 7.94. The minimum Gasteiger partial charge on any atom is -0.395 e. The van der Waals surface area contributed by atoms with Crippen LogP contribution in [0.15, 0.2) is 11.6 Å². The van der Waals surface area contributed by atoms with Crippen LogP contribution in [0.25, 0.3) is 0 Å². The molecule has 0 aliphatic carbocycles. The summed E-state index contributed by atoms with van der Waals surface area (Å²) in [6, 6.07) is -0.112. The van der Waals surface area contributed by atoms with Crippen molar-refractivity contribution >= 4 is 0 Å². The Bertz CT molecular complexity index is 161. The van der Waals surface area contributed by atoms with E-state index in [1.807, 2.05) is 24.8 Å². The maximum Gasteiger partial charge on any atom is 0.0622 e. The normalized spacial score (nSPS) is 13.0. The molecule has 0 aromatic rings. The molecule has 1 unspecified atom stereocenters. The Labute approximate surface area is 85.5 Å². The van der Waals surface area contributed by atoms with Gasteiger partial charge in [0, 0.05) is 13.1 Å². The summed E-state index contributed by atoms with van der Waals surface area (Å²) >= 11 is 0. The van der Waals surface area contributed by atoms with Crippen LogP contribution in [0.5, 0.6) is 0 Å². The first-order valence-corrected chi connectivity index (χ1v) is 4.87. The van der Waals surface area contributed by atoms with Gasteiger partial charge in [0.2, 0.25) is 0 Å². The number of aliphatic hydroxyl groups is 3. The Morgan fingerprint density at radius 3 is 1.93 bits per heavy atom. The first-order valence-electron chi connectivity index (χ1n) is 4.87. The molecule has 0 aromatic heterocycles. The van der Waals surface area contributed by atoms with Crippen LogP contribution in [-0.2, 0) is 0 Å². The molecule has 4 nitrogen and oxygen atoms in total. The second-order valence-electron chi connectivity index (χ2n) is 3.48. The van der Waals surface area contributed by atoms with E-state index in [2.05, 4.69) is 0 Å². The van der Waals surface area contributed by atoms with Crippen molar-refractivity contribution in [3.63, 3.8) is 0 Å². The van der Waals surface area contributed by atoms with E-state index < -0.39 is 0 Å². The van der Waals surface area contributed by atoms with Crippen LogP contribution in [0.1, 0.15) is 13.8 Å². The molecule has 0 aliphatic rings. The van der Waals surface area contributed by atoms with Crippen molar-refractivity contribution in [3.8, 4) is 0 Å². The maximum atomic E-state index is 9.15. The van der Waals surface area contributed by atoms with Gasteiger partial charge in [-0.25, -0.2) is 0 Å². The van der Waals surface area contributed by atoms with Gasteiger partial charge >= 0.3 is 0 Å². The van der Waals surface area contributed by atoms with Crippen LogP contribution in [-0.4, -0.2) is 59.2 Å². The predicted octanol–water partition coefficient (Wildman–Crippen LogP) is -0.400. The number of hydrogen-bond donors (Lipinski definition) is 3. The lowest BCUT2D eigenvalue weighted by Gasteiger charge is -2.27. The molecule has 14 heavy (non-hydrogen) atoms. The van der Waals surface area contributed by atoms with E-state index in [-0.39, 0.29) is 25.9 Å². The number of aliphatic hydroxyl groups excluding tert-OH is 3. The molecule has 0 amide bonds. The first kappa shape index (κ1) is 13.6. The molecule has 0 heterocycles. The molecule has 0 saturated carbocycles. The summed E-state index contributed by atoms with van der Waals surface area (Å²) in [7, 11) is 0. The van der Waals surface area contributed by atoms with Gasteiger partial charge in [0.25, 0.3) is 0 Å². The number of hydrogen-bond acceptors (Lipinski definition) is 4. The van der Waals surface area contributed by atoms with E-state index in [0.29, 0.717) is 13.1 Å². The summed E-state index contributed by atoms with van der Waals surface area (Å²) in [6.07, 6.45) is 1.94. The SMILES string of the molecule is CC(C)=CC(CO)N(CCO)CCO. The third-order valence-corrected chi connectivity index (χ3v) is 1.96. The molecular weight excluding hydrogens is 182 g/mol. The van der Waals surface area contributed by atoms with E-state index in [0.717, 1.165) is 5.57 Å². The zero-order valence-electron chi connectivity index (χ0n) is 8.98. The minimum atomic E-state index is -0.112. The summed E-state index contributed by atoms with van der Waals surface area (Å²) in [4.78, 5) is 1.85. The molecule has 1 atom stereocenters. The molecule has 0 aliphatic heterocycles. The Morgan fingerprint density at radius 1 is 1.14 bits per heavy atom. The quantitative estimate of drug-likeness (QED) is 0.493. The largest absolute Gasteiger partial charge is 0.395 e. The lowest BCUT2D eigenvalue weighted by Crippen LogP contribution is -2.40. The molecular formula is C10H21NO3. The van der Waals surface area contributed by atoms with Gasteiger partial charge in [-0.05, 0) is 13.8 Å². The molecule has 0 spiro atoms. The molecule has 4 heteroatoms. The average molecular weight is 203 g/mol. The summed E-state index contributed by atoms with van der Waals surface area (Å²) in [5.74, 6) is 0. The van der Waals surface area contributed by atoms with Crippen molar-refractivity contribution in [3.05, 3.63) is 11.6 Å². The highest BCUT2D eigenvalue weighted by atomic mass is 16.3. The highest BCUT2D eigenvalue weighted by molar-refractivity contribution is 5.01. The molecule has 0 bridgehead atoms. The number of rotatable bonds is 7. The fourth-order valence-corrected chi connectivity index (χ4v) is 1.36. The number of nitrogens with zero attached hydrogens (tertiary/aromatic N) is 1. The second-order valence-corrected chi connectivity index (χ2v) is 3.48. The highest BCUT2D eigenvalue weighted by Gasteiger charge is 2.13. The Kier molecular flexibility index (Phi) is 7.70. The van der Waals surface area contributed by atoms with Gasteiger partial charge in [-0.3, -0.25) is 4.90 Å². The predicted molar refractivity (Wildman–Crippen MR) is 56.0 cm³/mol. The highest BCUT2D eigenvalue weighted by Crippen LogP contribution is 2.03. The van der Waals surface area contributed by atoms with Crippen molar-refractivity contribution in [2.45, 2.75) is 19.9 Å². The summed E-state index contributed by atoms with van der Waals surface area (Å²) in [5.41, 5.74) is 1.12. The lowest BCUT2D eigenvalue weighted by molar-refractivity contribution is 0.105. The van der Waals surface area contributed by atoms with Crippen LogP contribution >= 0.6 is 0 Å². The fraction of sp³-hybridized carbons (Fsp3) is 0.800. The Balaban J connectivity index is 4.32. The molecule has 0 aromatic carbocycles.